The average Bonchev–Trinajstić information content (AvgIpc) is 2.36. The van der Waals surface area contributed by atoms with Gasteiger partial charge in [-0.25, -0.2) is 18.0 Å². The molecule has 0 spiro atoms. The maximum atomic E-state index is 13.2. The Kier molecular flexibility index (Phi) is 6.26. The molecule has 0 aliphatic carbocycles. The van der Waals surface area contributed by atoms with Gasteiger partial charge in [0.25, 0.3) is 0 Å². The van der Waals surface area contributed by atoms with Crippen molar-refractivity contribution in [3.63, 3.8) is 0 Å². The van der Waals surface area contributed by atoms with E-state index in [0.29, 0.717) is 12.1 Å². The summed E-state index contributed by atoms with van der Waals surface area (Å²) in [5.41, 5.74) is -0.473. The molecule has 1 aromatic carbocycles. The molecule has 1 aromatic rings. The van der Waals surface area contributed by atoms with Crippen LogP contribution in [0, 0.1) is 17.5 Å². The minimum atomic E-state index is -1.34. The van der Waals surface area contributed by atoms with E-state index in [2.05, 4.69) is 5.32 Å². The fraction of sp³-hybridized carbons (Fsp3) is 0.417. The van der Waals surface area contributed by atoms with E-state index in [1.165, 1.54) is 7.11 Å². The van der Waals surface area contributed by atoms with Crippen molar-refractivity contribution < 1.29 is 27.8 Å². The molecule has 5 nitrogen and oxygen atoms in total. The Labute approximate surface area is 113 Å². The van der Waals surface area contributed by atoms with Crippen molar-refractivity contribution in [2.45, 2.75) is 12.5 Å². The lowest BCUT2D eigenvalue weighted by Gasteiger charge is -2.11. The van der Waals surface area contributed by atoms with Crippen LogP contribution in [0.5, 0.6) is 0 Å². The monoisotopic (exact) mass is 292 g/mol. The van der Waals surface area contributed by atoms with Gasteiger partial charge in [0.05, 0.1) is 18.4 Å². The molecule has 0 fully saturated rings. The molecule has 0 radical (unpaired) electrons. The molecule has 0 aromatic heterocycles. The summed E-state index contributed by atoms with van der Waals surface area (Å²) in [6, 6.07) is 0.0941. The molecule has 0 saturated carbocycles. The molecule has 0 aliphatic heterocycles. The Morgan fingerprint density at radius 3 is 2.60 bits per heavy atom. The molecule has 0 saturated heterocycles. The van der Waals surface area contributed by atoms with Gasteiger partial charge in [0.2, 0.25) is 0 Å². The number of rotatable bonds is 6. The maximum Gasteiger partial charge on any atom is 0.319 e. The van der Waals surface area contributed by atoms with Crippen molar-refractivity contribution in [2.75, 3.05) is 25.6 Å². The Bertz CT molecular complexity index is 472. The lowest BCUT2D eigenvalue weighted by molar-refractivity contribution is 0.0599. The molecule has 1 rings (SSSR count). The third-order valence-corrected chi connectivity index (χ3v) is 2.38. The summed E-state index contributed by atoms with van der Waals surface area (Å²) in [5, 5.41) is 13.7. The molecule has 8 heteroatoms. The summed E-state index contributed by atoms with van der Waals surface area (Å²) in [4.78, 5) is 11.4. The number of carbonyl (C=O) groups excluding carboxylic acids is 1. The normalized spacial score (nSPS) is 12.1. The standard InChI is InChI=1S/C12H15F3N2O3/c1-20-6-7(18)2-3-16-12(19)17-11-5-9(14)8(13)4-10(11)15/h4-5,7,18H,2-3,6H2,1H3,(H2,16,17,19). The lowest BCUT2D eigenvalue weighted by Crippen LogP contribution is -2.32. The van der Waals surface area contributed by atoms with E-state index in [9.17, 15) is 23.1 Å². The third kappa shape index (κ3) is 5.06. The van der Waals surface area contributed by atoms with Gasteiger partial charge in [0.15, 0.2) is 11.6 Å². The van der Waals surface area contributed by atoms with Crippen molar-refractivity contribution in [2.24, 2.45) is 0 Å². The number of aliphatic hydroxyl groups is 1. The van der Waals surface area contributed by atoms with Crippen LogP contribution in [0.1, 0.15) is 6.42 Å². The number of benzene rings is 1. The summed E-state index contributed by atoms with van der Waals surface area (Å²) in [7, 11) is 1.43. The zero-order valence-electron chi connectivity index (χ0n) is 10.8. The Hall–Kier alpha value is -1.80. The molecular weight excluding hydrogens is 277 g/mol. The number of carbonyl (C=O) groups is 1. The number of amides is 2. The van der Waals surface area contributed by atoms with Crippen LogP contribution in [0.15, 0.2) is 12.1 Å². The highest BCUT2D eigenvalue weighted by molar-refractivity contribution is 5.89. The minimum Gasteiger partial charge on any atom is -0.391 e. The van der Waals surface area contributed by atoms with Crippen LogP contribution in [-0.2, 0) is 4.74 Å². The van der Waals surface area contributed by atoms with Crippen LogP contribution in [0.25, 0.3) is 0 Å². The van der Waals surface area contributed by atoms with E-state index < -0.39 is 35.3 Å². The van der Waals surface area contributed by atoms with E-state index in [0.717, 1.165) is 0 Å². The SMILES string of the molecule is COCC(O)CCNC(=O)Nc1cc(F)c(F)cc1F. The highest BCUT2D eigenvalue weighted by Crippen LogP contribution is 2.18. The lowest BCUT2D eigenvalue weighted by atomic mass is 10.2. The first-order valence-corrected chi connectivity index (χ1v) is 5.80. The molecule has 0 heterocycles. The number of halogens is 3. The van der Waals surface area contributed by atoms with Gasteiger partial charge in [-0.05, 0) is 6.42 Å². The van der Waals surface area contributed by atoms with Gasteiger partial charge >= 0.3 is 6.03 Å². The van der Waals surface area contributed by atoms with Gasteiger partial charge in [-0.15, -0.1) is 0 Å². The first-order valence-electron chi connectivity index (χ1n) is 5.80. The first-order chi connectivity index (χ1) is 9.43. The first kappa shape index (κ1) is 16.3. The molecule has 1 unspecified atom stereocenters. The number of ether oxygens (including phenoxy) is 1. The van der Waals surface area contributed by atoms with Crippen molar-refractivity contribution in [1.29, 1.82) is 0 Å². The summed E-state index contributed by atoms with van der Waals surface area (Å²) in [5.74, 6) is -3.69. The van der Waals surface area contributed by atoms with Crippen LogP contribution in [0.2, 0.25) is 0 Å². The molecular formula is C12H15F3N2O3. The highest BCUT2D eigenvalue weighted by atomic mass is 19.2. The van der Waals surface area contributed by atoms with Crippen LogP contribution >= 0.6 is 0 Å². The van der Waals surface area contributed by atoms with E-state index in [-0.39, 0.29) is 19.6 Å². The van der Waals surface area contributed by atoms with Gasteiger partial charge in [-0.1, -0.05) is 0 Å². The van der Waals surface area contributed by atoms with Crippen molar-refractivity contribution >= 4 is 11.7 Å². The second kappa shape index (κ2) is 7.71. The Balaban J connectivity index is 2.45. The summed E-state index contributed by atoms with van der Waals surface area (Å²) in [6.07, 6.45) is -0.498. The third-order valence-electron chi connectivity index (χ3n) is 2.38. The maximum absolute atomic E-state index is 13.2. The minimum absolute atomic E-state index is 0.113. The Morgan fingerprint density at radius 1 is 1.30 bits per heavy atom. The van der Waals surface area contributed by atoms with Gasteiger partial charge in [-0.3, -0.25) is 0 Å². The zero-order valence-corrected chi connectivity index (χ0v) is 10.8. The number of hydrogen-bond donors (Lipinski definition) is 3. The summed E-state index contributed by atoms with van der Waals surface area (Å²) < 4.78 is 43.5. The van der Waals surface area contributed by atoms with Crippen LogP contribution in [0.4, 0.5) is 23.7 Å². The molecule has 20 heavy (non-hydrogen) atoms. The number of anilines is 1. The van der Waals surface area contributed by atoms with Crippen molar-refractivity contribution in [3.8, 4) is 0 Å². The van der Waals surface area contributed by atoms with Gasteiger partial charge < -0.3 is 20.5 Å². The van der Waals surface area contributed by atoms with Crippen LogP contribution in [0.3, 0.4) is 0 Å². The number of aliphatic hydroxyl groups excluding tert-OH is 1. The molecule has 112 valence electrons. The van der Waals surface area contributed by atoms with Gasteiger partial charge in [0.1, 0.15) is 5.82 Å². The van der Waals surface area contributed by atoms with Crippen molar-refractivity contribution in [3.05, 3.63) is 29.6 Å². The quantitative estimate of drug-likeness (QED) is 0.698. The van der Waals surface area contributed by atoms with E-state index in [1.807, 2.05) is 5.32 Å². The predicted octanol–water partition coefficient (Wildman–Crippen LogP) is 1.62. The highest BCUT2D eigenvalue weighted by Gasteiger charge is 2.12. The smallest absolute Gasteiger partial charge is 0.319 e. The molecule has 2 amide bonds. The summed E-state index contributed by atoms with van der Waals surface area (Å²) >= 11 is 0. The second-order valence-corrected chi connectivity index (χ2v) is 4.02. The number of hydrogen-bond acceptors (Lipinski definition) is 3. The molecule has 1 atom stereocenters. The zero-order chi connectivity index (χ0) is 15.1. The van der Waals surface area contributed by atoms with Crippen LogP contribution < -0.4 is 10.6 Å². The van der Waals surface area contributed by atoms with E-state index in [4.69, 9.17) is 4.74 Å². The predicted molar refractivity (Wildman–Crippen MR) is 65.8 cm³/mol. The van der Waals surface area contributed by atoms with E-state index >= 15 is 0 Å². The fourth-order valence-corrected chi connectivity index (χ4v) is 1.41. The Morgan fingerprint density at radius 2 is 1.95 bits per heavy atom. The summed E-state index contributed by atoms with van der Waals surface area (Å²) in [6.45, 7) is 0.239. The number of urea groups is 1. The molecule has 0 bridgehead atoms. The van der Waals surface area contributed by atoms with Gasteiger partial charge in [-0.2, -0.15) is 0 Å². The van der Waals surface area contributed by atoms with Crippen LogP contribution in [-0.4, -0.2) is 37.5 Å². The fourth-order valence-electron chi connectivity index (χ4n) is 1.41. The number of nitrogens with one attached hydrogen (secondary N) is 2. The second-order valence-electron chi connectivity index (χ2n) is 4.02. The van der Waals surface area contributed by atoms with E-state index in [1.54, 1.807) is 0 Å². The molecule has 3 N–H and O–H groups in total. The largest absolute Gasteiger partial charge is 0.391 e. The van der Waals surface area contributed by atoms with Crippen molar-refractivity contribution in [1.82, 2.24) is 5.32 Å². The molecule has 0 aliphatic rings. The topological polar surface area (TPSA) is 70.6 Å². The average molecular weight is 292 g/mol. The van der Waals surface area contributed by atoms with Gasteiger partial charge in [0, 0.05) is 25.8 Å². The number of methoxy groups -OCH3 is 1.